The molecule has 15 heavy (non-hydrogen) atoms. The van der Waals surface area contributed by atoms with Crippen molar-refractivity contribution in [1.82, 2.24) is 10.2 Å². The summed E-state index contributed by atoms with van der Waals surface area (Å²) in [5.41, 5.74) is 1.49. The van der Waals surface area contributed by atoms with Gasteiger partial charge in [-0.1, -0.05) is 12.2 Å². The minimum atomic E-state index is 0.827. The van der Waals surface area contributed by atoms with Gasteiger partial charge in [0.25, 0.3) is 0 Å². The van der Waals surface area contributed by atoms with Crippen LogP contribution in [0.4, 0.5) is 0 Å². The molecule has 2 nitrogen and oxygen atoms in total. The van der Waals surface area contributed by atoms with Gasteiger partial charge in [-0.15, -0.1) is 0 Å². The first-order valence-corrected chi connectivity index (χ1v) is 6.25. The Bertz CT molecular complexity index is 285. The van der Waals surface area contributed by atoms with Gasteiger partial charge in [0.15, 0.2) is 0 Å². The van der Waals surface area contributed by atoms with E-state index in [2.05, 4.69) is 28.6 Å². The van der Waals surface area contributed by atoms with Gasteiger partial charge in [0.2, 0.25) is 0 Å². The average Bonchev–Trinajstić information content (AvgIpc) is 2.32. The van der Waals surface area contributed by atoms with Crippen molar-refractivity contribution in [1.29, 1.82) is 0 Å². The minimum Gasteiger partial charge on any atom is -0.387 e. The number of hydrogen-bond donors (Lipinski definition) is 1. The summed E-state index contributed by atoms with van der Waals surface area (Å²) in [7, 11) is 0. The maximum absolute atomic E-state index is 3.30. The molecular formula is C13H20N2. The van der Waals surface area contributed by atoms with Gasteiger partial charge in [-0.05, 0) is 56.5 Å². The van der Waals surface area contributed by atoms with Gasteiger partial charge in [-0.3, -0.25) is 0 Å². The van der Waals surface area contributed by atoms with E-state index in [1.807, 2.05) is 0 Å². The number of allylic oxidation sites excluding steroid dienone is 1. The monoisotopic (exact) mass is 204 g/mol. The summed E-state index contributed by atoms with van der Waals surface area (Å²) in [6, 6.07) is 0.827. The van der Waals surface area contributed by atoms with Crippen LogP contribution >= 0.6 is 0 Å². The van der Waals surface area contributed by atoms with Crippen LogP contribution < -0.4 is 5.32 Å². The van der Waals surface area contributed by atoms with E-state index in [0.29, 0.717) is 0 Å². The van der Waals surface area contributed by atoms with Crippen LogP contribution in [0.2, 0.25) is 0 Å². The zero-order valence-corrected chi connectivity index (χ0v) is 9.28. The van der Waals surface area contributed by atoms with E-state index >= 15 is 0 Å². The first-order chi connectivity index (χ1) is 7.42. The van der Waals surface area contributed by atoms with Crippen molar-refractivity contribution >= 4 is 0 Å². The van der Waals surface area contributed by atoms with Crippen LogP contribution in [0.5, 0.6) is 0 Å². The van der Waals surface area contributed by atoms with E-state index in [-0.39, 0.29) is 0 Å². The zero-order chi connectivity index (χ0) is 10.1. The van der Waals surface area contributed by atoms with Crippen LogP contribution in [0.15, 0.2) is 23.9 Å². The van der Waals surface area contributed by atoms with E-state index in [0.717, 1.165) is 18.5 Å². The molecule has 0 radical (unpaired) electrons. The molecule has 3 fully saturated rings. The second-order valence-electron chi connectivity index (χ2n) is 5.10. The third-order valence-electron chi connectivity index (χ3n) is 4.10. The predicted octanol–water partition coefficient (Wildman–Crippen LogP) is 1.90. The van der Waals surface area contributed by atoms with E-state index in [1.165, 1.54) is 44.3 Å². The van der Waals surface area contributed by atoms with Crippen LogP contribution in [-0.4, -0.2) is 30.6 Å². The van der Waals surface area contributed by atoms with Gasteiger partial charge in [-0.2, -0.15) is 0 Å². The Morgan fingerprint density at radius 3 is 2.80 bits per heavy atom. The molecule has 2 heteroatoms. The Hall–Kier alpha value is -0.760. The molecule has 4 aliphatic heterocycles. The molecule has 82 valence electrons. The SMILES string of the molecule is C1=CC(CC2CC3CCN2CC3)=CNC1. The Morgan fingerprint density at radius 1 is 1.33 bits per heavy atom. The van der Waals surface area contributed by atoms with Crippen molar-refractivity contribution in [3.05, 3.63) is 23.9 Å². The number of fused-ring (bicyclic) bond motifs is 3. The fraction of sp³-hybridized carbons (Fsp3) is 0.692. The summed E-state index contributed by atoms with van der Waals surface area (Å²) in [4.78, 5) is 2.70. The summed E-state index contributed by atoms with van der Waals surface area (Å²) >= 11 is 0. The lowest BCUT2D eigenvalue weighted by atomic mass is 9.81. The highest BCUT2D eigenvalue weighted by molar-refractivity contribution is 5.23. The van der Waals surface area contributed by atoms with E-state index < -0.39 is 0 Å². The maximum atomic E-state index is 3.30. The van der Waals surface area contributed by atoms with Crippen LogP contribution in [-0.2, 0) is 0 Å². The third-order valence-corrected chi connectivity index (χ3v) is 4.10. The van der Waals surface area contributed by atoms with Gasteiger partial charge < -0.3 is 10.2 Å². The topological polar surface area (TPSA) is 15.3 Å². The molecule has 0 spiro atoms. The zero-order valence-electron chi connectivity index (χ0n) is 9.28. The quantitative estimate of drug-likeness (QED) is 0.739. The number of nitrogens with zero attached hydrogens (tertiary/aromatic N) is 1. The van der Waals surface area contributed by atoms with Crippen molar-refractivity contribution in [3.63, 3.8) is 0 Å². The first kappa shape index (κ1) is 9.46. The molecule has 0 aromatic heterocycles. The lowest BCUT2D eigenvalue weighted by molar-refractivity contribution is 0.0502. The van der Waals surface area contributed by atoms with E-state index in [9.17, 15) is 0 Å². The molecule has 0 saturated carbocycles. The van der Waals surface area contributed by atoms with Crippen molar-refractivity contribution in [2.45, 2.75) is 31.7 Å². The molecule has 1 atom stereocenters. The fourth-order valence-electron chi connectivity index (χ4n) is 3.22. The standard InChI is InChI=1S/C13H20N2/c1-2-12(10-14-5-1)9-13-8-11-3-6-15(13)7-4-11/h1-2,10-11,13-14H,3-9H2. The van der Waals surface area contributed by atoms with Crippen molar-refractivity contribution in [2.75, 3.05) is 19.6 Å². The van der Waals surface area contributed by atoms with Gasteiger partial charge in [-0.25, -0.2) is 0 Å². The highest BCUT2D eigenvalue weighted by atomic mass is 15.2. The molecule has 1 N–H and O–H groups in total. The Kier molecular flexibility index (Phi) is 2.53. The van der Waals surface area contributed by atoms with Crippen LogP contribution in [0.25, 0.3) is 0 Å². The van der Waals surface area contributed by atoms with E-state index in [1.54, 1.807) is 0 Å². The van der Waals surface area contributed by atoms with Crippen molar-refractivity contribution < 1.29 is 0 Å². The van der Waals surface area contributed by atoms with Gasteiger partial charge in [0.1, 0.15) is 0 Å². The van der Waals surface area contributed by atoms with Gasteiger partial charge in [0, 0.05) is 12.6 Å². The molecule has 0 aromatic carbocycles. The second kappa shape index (κ2) is 4.01. The first-order valence-electron chi connectivity index (χ1n) is 6.25. The highest BCUT2D eigenvalue weighted by Gasteiger charge is 2.33. The van der Waals surface area contributed by atoms with Gasteiger partial charge >= 0.3 is 0 Å². The molecule has 4 aliphatic rings. The molecule has 4 rings (SSSR count). The summed E-state index contributed by atoms with van der Waals surface area (Å²) in [5, 5.41) is 3.30. The van der Waals surface area contributed by atoms with Crippen LogP contribution in [0.3, 0.4) is 0 Å². The molecule has 0 amide bonds. The average molecular weight is 204 g/mol. The molecule has 0 aromatic rings. The minimum absolute atomic E-state index is 0.827. The summed E-state index contributed by atoms with van der Waals surface area (Å²) in [6.07, 6.45) is 12.3. The van der Waals surface area contributed by atoms with Gasteiger partial charge in [0.05, 0.1) is 0 Å². The summed E-state index contributed by atoms with van der Waals surface area (Å²) in [5.74, 6) is 1.03. The number of rotatable bonds is 2. The number of hydrogen-bond acceptors (Lipinski definition) is 2. The molecule has 4 heterocycles. The van der Waals surface area contributed by atoms with Crippen molar-refractivity contribution in [2.24, 2.45) is 5.92 Å². The highest BCUT2D eigenvalue weighted by Crippen LogP contribution is 2.34. The predicted molar refractivity (Wildman–Crippen MR) is 62.5 cm³/mol. The molecule has 3 saturated heterocycles. The van der Waals surface area contributed by atoms with Crippen LogP contribution in [0.1, 0.15) is 25.7 Å². The van der Waals surface area contributed by atoms with E-state index in [4.69, 9.17) is 0 Å². The normalized spacial score (nSPS) is 38.7. The lowest BCUT2D eigenvalue weighted by Crippen LogP contribution is -2.48. The second-order valence-corrected chi connectivity index (χ2v) is 5.10. The smallest absolute Gasteiger partial charge is 0.0328 e. The molecule has 1 unspecified atom stereocenters. The maximum Gasteiger partial charge on any atom is 0.0328 e. The number of dihydropyridines is 1. The summed E-state index contributed by atoms with van der Waals surface area (Å²) in [6.45, 7) is 3.69. The Morgan fingerprint density at radius 2 is 2.20 bits per heavy atom. The molecule has 2 bridgehead atoms. The number of piperidine rings is 3. The van der Waals surface area contributed by atoms with Crippen LogP contribution in [0, 0.1) is 5.92 Å². The van der Waals surface area contributed by atoms with Crippen molar-refractivity contribution in [3.8, 4) is 0 Å². The largest absolute Gasteiger partial charge is 0.387 e. The molecular weight excluding hydrogens is 184 g/mol. The lowest BCUT2D eigenvalue weighted by Gasteiger charge is -2.45. The summed E-state index contributed by atoms with van der Waals surface area (Å²) < 4.78 is 0. The Balaban J connectivity index is 1.63. The Labute approximate surface area is 92.0 Å². The number of nitrogens with one attached hydrogen (secondary N) is 1. The fourth-order valence-corrected chi connectivity index (χ4v) is 3.22. The molecule has 0 aliphatic carbocycles. The third kappa shape index (κ3) is 1.96.